The van der Waals surface area contributed by atoms with E-state index in [0.717, 1.165) is 25.0 Å². The molecule has 0 aliphatic carbocycles. The molecule has 1 aliphatic heterocycles. The summed E-state index contributed by atoms with van der Waals surface area (Å²) in [6.45, 7) is 0.400. The van der Waals surface area contributed by atoms with E-state index in [0.29, 0.717) is 18.1 Å². The van der Waals surface area contributed by atoms with Crippen molar-refractivity contribution in [3.63, 3.8) is 0 Å². The Morgan fingerprint density at radius 2 is 1.83 bits per heavy atom. The molecule has 152 valence electrons. The molecule has 1 aliphatic rings. The molecule has 0 radical (unpaired) electrons. The number of hydrogen-bond acceptors (Lipinski definition) is 4. The highest BCUT2D eigenvalue weighted by atomic mass is 127. The third-order valence-electron chi connectivity index (χ3n) is 4.84. The number of ether oxygens (including phenoxy) is 2. The lowest BCUT2D eigenvalue weighted by molar-refractivity contribution is -0.121. The van der Waals surface area contributed by atoms with Crippen LogP contribution in [0.2, 0.25) is 0 Å². The predicted molar refractivity (Wildman–Crippen MR) is 123 cm³/mol. The SMILES string of the molecule is COc1cc(/C=C2/NC(=O)N(C)C2=O)cc(I)c1OCc1ccc2ccccc2c1. The number of rotatable bonds is 5. The van der Waals surface area contributed by atoms with Gasteiger partial charge in [0, 0.05) is 7.05 Å². The van der Waals surface area contributed by atoms with Crippen LogP contribution in [-0.2, 0) is 11.4 Å². The van der Waals surface area contributed by atoms with E-state index in [-0.39, 0.29) is 11.6 Å². The summed E-state index contributed by atoms with van der Waals surface area (Å²) in [6.07, 6.45) is 1.63. The number of likely N-dealkylation sites (N-methyl/N-ethyl adjacent to an activating group) is 1. The number of benzene rings is 3. The zero-order valence-electron chi connectivity index (χ0n) is 16.4. The van der Waals surface area contributed by atoms with Crippen molar-refractivity contribution in [2.75, 3.05) is 14.2 Å². The van der Waals surface area contributed by atoms with Crippen molar-refractivity contribution in [2.24, 2.45) is 0 Å². The van der Waals surface area contributed by atoms with Gasteiger partial charge >= 0.3 is 6.03 Å². The second-order valence-corrected chi connectivity index (χ2v) is 8.02. The highest BCUT2D eigenvalue weighted by Gasteiger charge is 2.30. The van der Waals surface area contributed by atoms with E-state index in [1.165, 1.54) is 12.4 Å². The average Bonchev–Trinajstić information content (AvgIpc) is 2.99. The van der Waals surface area contributed by atoms with Crippen LogP contribution in [0.4, 0.5) is 4.79 Å². The highest BCUT2D eigenvalue weighted by molar-refractivity contribution is 14.1. The van der Waals surface area contributed by atoms with Crippen molar-refractivity contribution in [2.45, 2.75) is 6.61 Å². The molecule has 1 heterocycles. The van der Waals surface area contributed by atoms with Gasteiger partial charge in [0.2, 0.25) is 0 Å². The number of hydrogen-bond donors (Lipinski definition) is 1. The first kappa shape index (κ1) is 20.2. The topological polar surface area (TPSA) is 67.9 Å². The van der Waals surface area contributed by atoms with Crippen LogP contribution in [0.15, 0.2) is 60.3 Å². The minimum atomic E-state index is -0.441. The number of nitrogens with zero attached hydrogens (tertiary/aromatic N) is 1. The molecule has 0 unspecified atom stereocenters. The largest absolute Gasteiger partial charge is 0.493 e. The molecular formula is C23H19IN2O4. The molecule has 3 aromatic rings. The summed E-state index contributed by atoms with van der Waals surface area (Å²) in [6, 6.07) is 17.6. The monoisotopic (exact) mass is 514 g/mol. The number of nitrogens with one attached hydrogen (secondary N) is 1. The van der Waals surface area contributed by atoms with Crippen molar-refractivity contribution in [1.82, 2.24) is 10.2 Å². The van der Waals surface area contributed by atoms with E-state index >= 15 is 0 Å². The lowest BCUT2D eigenvalue weighted by Gasteiger charge is -2.14. The highest BCUT2D eigenvalue weighted by Crippen LogP contribution is 2.35. The predicted octanol–water partition coefficient (Wildman–Crippen LogP) is 4.55. The van der Waals surface area contributed by atoms with E-state index in [1.54, 1.807) is 19.3 Å². The quantitative estimate of drug-likeness (QED) is 0.308. The number of urea groups is 1. The fourth-order valence-electron chi connectivity index (χ4n) is 3.24. The zero-order valence-corrected chi connectivity index (χ0v) is 18.6. The first-order valence-corrected chi connectivity index (χ1v) is 10.3. The van der Waals surface area contributed by atoms with Crippen LogP contribution in [0.5, 0.6) is 11.5 Å². The van der Waals surface area contributed by atoms with Crippen LogP contribution in [0.25, 0.3) is 16.8 Å². The van der Waals surface area contributed by atoms with Gasteiger partial charge in [0.05, 0.1) is 10.7 Å². The van der Waals surface area contributed by atoms with E-state index in [2.05, 4.69) is 52.2 Å². The molecule has 0 saturated carbocycles. The average molecular weight is 514 g/mol. The van der Waals surface area contributed by atoms with Gasteiger partial charge in [-0.05, 0) is 68.8 Å². The van der Waals surface area contributed by atoms with Gasteiger partial charge in [0.1, 0.15) is 12.3 Å². The van der Waals surface area contributed by atoms with Gasteiger partial charge in [-0.3, -0.25) is 9.69 Å². The Morgan fingerprint density at radius 1 is 1.07 bits per heavy atom. The summed E-state index contributed by atoms with van der Waals surface area (Å²) in [4.78, 5) is 24.8. The molecule has 0 aromatic heterocycles. The summed E-state index contributed by atoms with van der Waals surface area (Å²) in [7, 11) is 3.01. The van der Waals surface area contributed by atoms with Crippen LogP contribution in [-0.4, -0.2) is 31.0 Å². The Bertz CT molecular complexity index is 1190. The molecule has 7 heteroatoms. The fraction of sp³-hybridized carbons (Fsp3) is 0.130. The van der Waals surface area contributed by atoms with E-state index in [1.807, 2.05) is 24.3 Å². The van der Waals surface area contributed by atoms with E-state index < -0.39 is 6.03 Å². The minimum Gasteiger partial charge on any atom is -0.493 e. The summed E-state index contributed by atoms with van der Waals surface area (Å²) in [5.74, 6) is 0.817. The maximum Gasteiger partial charge on any atom is 0.328 e. The second kappa shape index (κ2) is 8.35. The maximum atomic E-state index is 12.1. The van der Waals surface area contributed by atoms with Crippen molar-refractivity contribution >= 4 is 51.4 Å². The van der Waals surface area contributed by atoms with Crippen LogP contribution >= 0.6 is 22.6 Å². The Kier molecular flexibility index (Phi) is 5.63. The normalized spacial score (nSPS) is 15.0. The third kappa shape index (κ3) is 3.97. The molecule has 1 fully saturated rings. The molecule has 3 aromatic carbocycles. The van der Waals surface area contributed by atoms with Crippen molar-refractivity contribution in [3.8, 4) is 11.5 Å². The molecule has 30 heavy (non-hydrogen) atoms. The van der Waals surface area contributed by atoms with Crippen LogP contribution < -0.4 is 14.8 Å². The maximum absolute atomic E-state index is 12.1. The molecule has 0 spiro atoms. The minimum absolute atomic E-state index is 0.227. The van der Waals surface area contributed by atoms with Gasteiger partial charge in [-0.1, -0.05) is 36.4 Å². The first-order valence-electron chi connectivity index (χ1n) is 9.25. The van der Waals surface area contributed by atoms with E-state index in [4.69, 9.17) is 9.47 Å². The molecule has 0 bridgehead atoms. The zero-order chi connectivity index (χ0) is 21.3. The Balaban J connectivity index is 1.58. The molecule has 1 N–H and O–H groups in total. The molecule has 1 saturated heterocycles. The summed E-state index contributed by atoms with van der Waals surface area (Å²) in [5.41, 5.74) is 2.01. The number of carbonyl (C=O) groups is 2. The lowest BCUT2D eigenvalue weighted by Crippen LogP contribution is -2.25. The van der Waals surface area contributed by atoms with Crippen molar-refractivity contribution in [3.05, 3.63) is 75.0 Å². The fourth-order valence-corrected chi connectivity index (χ4v) is 4.02. The molecular weight excluding hydrogens is 495 g/mol. The van der Waals surface area contributed by atoms with Gasteiger partial charge < -0.3 is 14.8 Å². The standard InChI is InChI=1S/C23H19IN2O4/c1-26-22(27)19(25-23(26)28)11-15-10-18(24)21(20(12-15)29-2)30-13-14-7-8-16-5-3-4-6-17(16)9-14/h3-12H,13H2,1-2H3,(H,25,28)/b19-11+. The van der Waals surface area contributed by atoms with Crippen LogP contribution in [0.1, 0.15) is 11.1 Å². The van der Waals surface area contributed by atoms with Gasteiger partial charge in [0.15, 0.2) is 11.5 Å². The van der Waals surface area contributed by atoms with Crippen molar-refractivity contribution < 1.29 is 19.1 Å². The van der Waals surface area contributed by atoms with E-state index in [9.17, 15) is 9.59 Å². The molecule has 4 rings (SSSR count). The third-order valence-corrected chi connectivity index (χ3v) is 5.64. The van der Waals surface area contributed by atoms with Crippen LogP contribution in [0, 0.1) is 3.57 Å². The summed E-state index contributed by atoms with van der Waals surface area (Å²) < 4.78 is 12.4. The van der Waals surface area contributed by atoms with Crippen molar-refractivity contribution in [1.29, 1.82) is 0 Å². The Morgan fingerprint density at radius 3 is 2.53 bits per heavy atom. The number of imide groups is 1. The molecule has 3 amide bonds. The summed E-state index contributed by atoms with van der Waals surface area (Å²) >= 11 is 2.17. The second-order valence-electron chi connectivity index (χ2n) is 6.86. The first-order chi connectivity index (χ1) is 14.5. The molecule has 0 atom stereocenters. The lowest BCUT2D eigenvalue weighted by atomic mass is 10.1. The Labute approximate surface area is 187 Å². The number of methoxy groups -OCH3 is 1. The Hall–Kier alpha value is -3.07. The number of amides is 3. The number of fused-ring (bicyclic) bond motifs is 1. The number of carbonyl (C=O) groups excluding carboxylic acids is 2. The van der Waals surface area contributed by atoms with Gasteiger partial charge in [0.25, 0.3) is 5.91 Å². The van der Waals surface area contributed by atoms with Crippen LogP contribution in [0.3, 0.4) is 0 Å². The molecule has 6 nitrogen and oxygen atoms in total. The van der Waals surface area contributed by atoms with Gasteiger partial charge in [-0.15, -0.1) is 0 Å². The van der Waals surface area contributed by atoms with Gasteiger partial charge in [-0.2, -0.15) is 0 Å². The smallest absolute Gasteiger partial charge is 0.328 e. The summed E-state index contributed by atoms with van der Waals surface area (Å²) in [5, 5.41) is 4.91. The van der Waals surface area contributed by atoms with Gasteiger partial charge in [-0.25, -0.2) is 4.79 Å². The number of halogens is 1.